The summed E-state index contributed by atoms with van der Waals surface area (Å²) in [5, 5.41) is 0.941. The molecule has 1 rings (SSSR count). The van der Waals surface area contributed by atoms with Crippen LogP contribution < -0.4 is 4.74 Å². The van der Waals surface area contributed by atoms with Crippen LogP contribution in [0, 0.1) is 12.3 Å². The highest BCUT2D eigenvalue weighted by molar-refractivity contribution is 9.09. The van der Waals surface area contributed by atoms with Gasteiger partial charge < -0.3 is 4.74 Å². The standard InChI is InChI=1S/C16H25BrO/c1-12-7-8-13(15(2,3)4)14(9-12)18-11-16(5,6)10-17/h7-9H,10-11H2,1-6H3. The second kappa shape index (κ2) is 5.64. The van der Waals surface area contributed by atoms with E-state index in [1.165, 1.54) is 11.1 Å². The molecule has 0 aliphatic rings. The molecule has 1 aromatic rings. The molecule has 0 atom stereocenters. The molecule has 18 heavy (non-hydrogen) atoms. The summed E-state index contributed by atoms with van der Waals surface area (Å²) in [5.41, 5.74) is 2.79. The van der Waals surface area contributed by atoms with Crippen LogP contribution >= 0.6 is 15.9 Å². The Labute approximate surface area is 120 Å². The maximum atomic E-state index is 6.07. The van der Waals surface area contributed by atoms with Crippen LogP contribution in [-0.4, -0.2) is 11.9 Å². The third kappa shape index (κ3) is 4.31. The number of benzene rings is 1. The molecular formula is C16H25BrO. The van der Waals surface area contributed by atoms with Gasteiger partial charge in [0.1, 0.15) is 5.75 Å². The number of ether oxygens (including phenoxy) is 1. The van der Waals surface area contributed by atoms with Gasteiger partial charge in [0.25, 0.3) is 0 Å². The van der Waals surface area contributed by atoms with E-state index in [4.69, 9.17) is 4.74 Å². The quantitative estimate of drug-likeness (QED) is 0.703. The fraction of sp³-hybridized carbons (Fsp3) is 0.625. The Morgan fingerprint density at radius 1 is 1.11 bits per heavy atom. The Hall–Kier alpha value is -0.500. The van der Waals surface area contributed by atoms with Crippen LogP contribution in [0.3, 0.4) is 0 Å². The maximum Gasteiger partial charge on any atom is 0.123 e. The molecule has 0 amide bonds. The second-order valence-corrected chi connectivity index (χ2v) is 7.40. The van der Waals surface area contributed by atoms with Crippen LogP contribution in [0.4, 0.5) is 0 Å². The molecule has 0 heterocycles. The molecule has 0 bridgehead atoms. The first-order valence-corrected chi connectivity index (χ1v) is 7.58. The lowest BCUT2D eigenvalue weighted by molar-refractivity contribution is 0.199. The number of aryl methyl sites for hydroxylation is 1. The zero-order valence-corrected chi connectivity index (χ0v) is 14.0. The van der Waals surface area contributed by atoms with Crippen molar-refractivity contribution in [3.05, 3.63) is 29.3 Å². The third-order valence-electron chi connectivity index (χ3n) is 2.93. The van der Waals surface area contributed by atoms with Gasteiger partial charge in [0.05, 0.1) is 6.61 Å². The van der Waals surface area contributed by atoms with Crippen molar-refractivity contribution in [2.24, 2.45) is 5.41 Å². The molecule has 1 aromatic carbocycles. The van der Waals surface area contributed by atoms with Crippen molar-refractivity contribution >= 4 is 15.9 Å². The zero-order valence-electron chi connectivity index (χ0n) is 12.4. The summed E-state index contributed by atoms with van der Waals surface area (Å²) in [7, 11) is 0. The largest absolute Gasteiger partial charge is 0.493 e. The Morgan fingerprint density at radius 3 is 2.22 bits per heavy atom. The van der Waals surface area contributed by atoms with Crippen LogP contribution in [0.2, 0.25) is 0 Å². The Kier molecular flexibility index (Phi) is 4.88. The van der Waals surface area contributed by atoms with E-state index in [2.05, 4.69) is 75.7 Å². The first-order chi connectivity index (χ1) is 8.15. The van der Waals surface area contributed by atoms with Crippen LogP contribution in [0.1, 0.15) is 45.7 Å². The van der Waals surface area contributed by atoms with E-state index in [1.807, 2.05) is 0 Å². The number of hydrogen-bond acceptors (Lipinski definition) is 1. The van der Waals surface area contributed by atoms with Gasteiger partial charge in [-0.05, 0) is 29.5 Å². The van der Waals surface area contributed by atoms with Gasteiger partial charge >= 0.3 is 0 Å². The molecule has 0 saturated heterocycles. The van der Waals surface area contributed by atoms with Gasteiger partial charge in [-0.2, -0.15) is 0 Å². The average Bonchev–Trinajstić information content (AvgIpc) is 2.25. The highest BCUT2D eigenvalue weighted by Crippen LogP contribution is 2.33. The highest BCUT2D eigenvalue weighted by atomic mass is 79.9. The van der Waals surface area contributed by atoms with Gasteiger partial charge in [-0.1, -0.05) is 62.7 Å². The molecule has 0 saturated carbocycles. The summed E-state index contributed by atoms with van der Waals surface area (Å²) in [6.07, 6.45) is 0. The lowest BCUT2D eigenvalue weighted by atomic mass is 9.86. The zero-order chi connectivity index (χ0) is 14.0. The smallest absolute Gasteiger partial charge is 0.123 e. The minimum Gasteiger partial charge on any atom is -0.493 e. The first kappa shape index (κ1) is 15.6. The molecule has 1 nitrogen and oxygen atoms in total. The third-order valence-corrected chi connectivity index (χ3v) is 4.44. The molecule has 0 unspecified atom stereocenters. The molecule has 0 aliphatic heterocycles. The monoisotopic (exact) mass is 312 g/mol. The van der Waals surface area contributed by atoms with Crippen molar-refractivity contribution in [1.29, 1.82) is 0 Å². The Balaban J connectivity index is 2.97. The predicted octanol–water partition coefficient (Wildman–Crippen LogP) is 5.09. The van der Waals surface area contributed by atoms with E-state index >= 15 is 0 Å². The number of alkyl halides is 1. The van der Waals surface area contributed by atoms with Gasteiger partial charge in [-0.15, -0.1) is 0 Å². The van der Waals surface area contributed by atoms with Crippen molar-refractivity contribution in [3.8, 4) is 5.75 Å². The molecule has 0 fully saturated rings. The molecule has 2 heteroatoms. The first-order valence-electron chi connectivity index (χ1n) is 6.46. The van der Waals surface area contributed by atoms with E-state index in [9.17, 15) is 0 Å². The second-order valence-electron chi connectivity index (χ2n) is 6.84. The van der Waals surface area contributed by atoms with E-state index in [1.54, 1.807) is 0 Å². The minimum atomic E-state index is 0.113. The lowest BCUT2D eigenvalue weighted by Gasteiger charge is -2.27. The lowest BCUT2D eigenvalue weighted by Crippen LogP contribution is -2.24. The van der Waals surface area contributed by atoms with Gasteiger partial charge in [0.15, 0.2) is 0 Å². The maximum absolute atomic E-state index is 6.07. The Morgan fingerprint density at radius 2 is 1.72 bits per heavy atom. The summed E-state index contributed by atoms with van der Waals surface area (Å²) < 4.78 is 6.07. The highest BCUT2D eigenvalue weighted by Gasteiger charge is 2.22. The summed E-state index contributed by atoms with van der Waals surface area (Å²) in [5.74, 6) is 1.02. The minimum absolute atomic E-state index is 0.113. The van der Waals surface area contributed by atoms with Crippen LogP contribution in [0.5, 0.6) is 5.75 Å². The fourth-order valence-corrected chi connectivity index (χ4v) is 1.84. The molecule has 0 radical (unpaired) electrons. The number of hydrogen-bond donors (Lipinski definition) is 0. The van der Waals surface area contributed by atoms with Crippen LogP contribution in [0.25, 0.3) is 0 Å². The van der Waals surface area contributed by atoms with E-state index in [-0.39, 0.29) is 10.8 Å². The number of rotatable bonds is 4. The van der Waals surface area contributed by atoms with Crippen molar-refractivity contribution in [1.82, 2.24) is 0 Å². The normalized spacial score (nSPS) is 12.6. The van der Waals surface area contributed by atoms with Gasteiger partial charge in [0, 0.05) is 10.7 Å². The SMILES string of the molecule is Cc1ccc(C(C)(C)C)c(OCC(C)(C)CBr)c1. The van der Waals surface area contributed by atoms with Crippen molar-refractivity contribution in [3.63, 3.8) is 0 Å². The average molecular weight is 313 g/mol. The molecule has 0 N–H and O–H groups in total. The molecular weight excluding hydrogens is 288 g/mol. The summed E-state index contributed by atoms with van der Waals surface area (Å²) in [6, 6.07) is 6.49. The van der Waals surface area contributed by atoms with Gasteiger partial charge in [-0.25, -0.2) is 0 Å². The topological polar surface area (TPSA) is 9.23 Å². The van der Waals surface area contributed by atoms with Crippen molar-refractivity contribution < 1.29 is 4.74 Å². The predicted molar refractivity (Wildman–Crippen MR) is 82.9 cm³/mol. The molecule has 0 spiro atoms. The number of halogens is 1. The van der Waals surface area contributed by atoms with Crippen molar-refractivity contribution in [2.75, 3.05) is 11.9 Å². The summed E-state index contributed by atoms with van der Waals surface area (Å²) in [6.45, 7) is 13.9. The molecule has 0 aromatic heterocycles. The Bertz CT molecular complexity index is 402. The summed E-state index contributed by atoms with van der Waals surface area (Å²) in [4.78, 5) is 0. The van der Waals surface area contributed by atoms with E-state index in [0.717, 1.165) is 17.7 Å². The van der Waals surface area contributed by atoms with Crippen molar-refractivity contribution in [2.45, 2.75) is 47.0 Å². The summed E-state index contributed by atoms with van der Waals surface area (Å²) >= 11 is 3.54. The van der Waals surface area contributed by atoms with E-state index < -0.39 is 0 Å². The molecule has 102 valence electrons. The fourth-order valence-electron chi connectivity index (χ4n) is 1.68. The van der Waals surface area contributed by atoms with Crippen LogP contribution in [-0.2, 0) is 5.41 Å². The van der Waals surface area contributed by atoms with Gasteiger partial charge in [-0.3, -0.25) is 0 Å². The van der Waals surface area contributed by atoms with Crippen LogP contribution in [0.15, 0.2) is 18.2 Å². The van der Waals surface area contributed by atoms with Gasteiger partial charge in [0.2, 0.25) is 0 Å². The van der Waals surface area contributed by atoms with E-state index in [0.29, 0.717) is 0 Å². The molecule has 0 aliphatic carbocycles.